The number of hydrogen-bond donors (Lipinski definition) is 0. The van der Waals surface area contributed by atoms with Gasteiger partial charge in [-0.2, -0.15) is 0 Å². The van der Waals surface area contributed by atoms with Gasteiger partial charge in [0.05, 0.1) is 16.5 Å². The number of azide groups is 1. The monoisotopic (exact) mass is 428 g/mol. The normalized spacial score (nSPS) is 18.0. The Morgan fingerprint density at radius 2 is 1.61 bits per heavy atom. The summed E-state index contributed by atoms with van der Waals surface area (Å²) in [6, 6.07) is 22.1. The third-order valence-corrected chi connectivity index (χ3v) is 7.73. The average Bonchev–Trinajstić information content (AvgIpc) is 3.34. The summed E-state index contributed by atoms with van der Waals surface area (Å²) in [7, 11) is -3.76. The van der Waals surface area contributed by atoms with Gasteiger partial charge in [-0.25, -0.2) is 12.4 Å². The van der Waals surface area contributed by atoms with Crippen LogP contribution in [-0.4, -0.2) is 12.4 Å². The first-order chi connectivity index (χ1) is 15.0. The van der Waals surface area contributed by atoms with E-state index in [0.717, 1.165) is 27.6 Å². The lowest BCUT2D eigenvalue weighted by Gasteiger charge is -2.11. The lowest BCUT2D eigenvalue weighted by Crippen LogP contribution is -2.12. The first kappa shape index (κ1) is 19.4. The summed E-state index contributed by atoms with van der Waals surface area (Å²) in [5.74, 6) is -0.0499. The standard InChI is InChI=1S/C24H20N4O2S/c1-16-10-12-17(13-11-16)31(29,30)28-15-22(20-8-4-5-9-24(20)28)21-14-23(26-27-25)19-7-3-2-6-18(19)21/h2-13,15,21,23H,14H2,1H3/t21-,23-/m1/s1. The van der Waals surface area contributed by atoms with Crippen molar-refractivity contribution in [1.29, 1.82) is 0 Å². The van der Waals surface area contributed by atoms with Crippen LogP contribution in [0.25, 0.3) is 21.3 Å². The molecule has 5 rings (SSSR count). The van der Waals surface area contributed by atoms with Crippen LogP contribution in [0, 0.1) is 6.92 Å². The highest BCUT2D eigenvalue weighted by Gasteiger charge is 2.34. The third kappa shape index (κ3) is 3.10. The molecule has 0 fully saturated rings. The molecule has 0 saturated carbocycles. The summed E-state index contributed by atoms with van der Waals surface area (Å²) in [5, 5.41) is 4.88. The molecule has 4 aromatic rings. The van der Waals surface area contributed by atoms with Crippen LogP contribution in [0.4, 0.5) is 0 Å². The third-order valence-electron chi connectivity index (χ3n) is 6.04. The predicted molar refractivity (Wildman–Crippen MR) is 120 cm³/mol. The van der Waals surface area contributed by atoms with Gasteiger partial charge < -0.3 is 0 Å². The number of hydrogen-bond acceptors (Lipinski definition) is 3. The van der Waals surface area contributed by atoms with E-state index in [0.29, 0.717) is 11.9 Å². The second-order valence-electron chi connectivity index (χ2n) is 7.85. The van der Waals surface area contributed by atoms with E-state index in [2.05, 4.69) is 10.0 Å². The van der Waals surface area contributed by atoms with Gasteiger partial charge in [0.1, 0.15) is 0 Å². The van der Waals surface area contributed by atoms with Gasteiger partial charge in [-0.3, -0.25) is 0 Å². The SMILES string of the molecule is Cc1ccc(S(=O)(=O)n2cc([C@@H]3C[C@@H](N=[N+]=[N-])c4ccccc43)c3ccccc32)cc1. The number of aromatic nitrogens is 1. The van der Waals surface area contributed by atoms with Crippen LogP contribution in [0.15, 0.2) is 89.0 Å². The second-order valence-corrected chi connectivity index (χ2v) is 9.67. The highest BCUT2D eigenvalue weighted by molar-refractivity contribution is 7.90. The second kappa shape index (κ2) is 7.30. The Labute approximate surface area is 180 Å². The Bertz CT molecular complexity index is 1450. The molecule has 0 bridgehead atoms. The number of nitrogens with zero attached hydrogens (tertiary/aromatic N) is 4. The van der Waals surface area contributed by atoms with Gasteiger partial charge in [0.2, 0.25) is 0 Å². The topological polar surface area (TPSA) is 87.8 Å². The van der Waals surface area contributed by atoms with E-state index in [9.17, 15) is 8.42 Å². The molecule has 0 amide bonds. The van der Waals surface area contributed by atoms with Crippen LogP contribution < -0.4 is 0 Å². The fraction of sp³-hybridized carbons (Fsp3) is 0.167. The van der Waals surface area contributed by atoms with Crippen LogP contribution in [0.1, 0.15) is 40.6 Å². The Morgan fingerprint density at radius 3 is 2.35 bits per heavy atom. The van der Waals surface area contributed by atoms with Gasteiger partial charge in [-0.15, -0.1) is 0 Å². The summed E-state index contributed by atoms with van der Waals surface area (Å²) in [5.41, 5.74) is 13.7. The van der Waals surface area contributed by atoms with E-state index >= 15 is 0 Å². The van der Waals surface area contributed by atoms with Crippen molar-refractivity contribution in [2.45, 2.75) is 30.2 Å². The Kier molecular flexibility index (Phi) is 4.58. The number of rotatable bonds is 4. The maximum Gasteiger partial charge on any atom is 0.268 e. The van der Waals surface area contributed by atoms with E-state index < -0.39 is 10.0 Å². The Hall–Kier alpha value is -3.54. The molecule has 0 N–H and O–H groups in total. The fourth-order valence-corrected chi connectivity index (χ4v) is 5.93. The highest BCUT2D eigenvalue weighted by atomic mass is 32.2. The van der Waals surface area contributed by atoms with Crippen molar-refractivity contribution in [3.8, 4) is 0 Å². The summed E-state index contributed by atoms with van der Waals surface area (Å²) in [6.45, 7) is 1.93. The van der Waals surface area contributed by atoms with Crippen molar-refractivity contribution < 1.29 is 8.42 Å². The summed E-state index contributed by atoms with van der Waals surface area (Å²) >= 11 is 0. The van der Waals surface area contributed by atoms with Crippen molar-refractivity contribution >= 4 is 20.9 Å². The van der Waals surface area contributed by atoms with E-state index in [1.807, 2.05) is 55.5 Å². The first-order valence-electron chi connectivity index (χ1n) is 10.1. The van der Waals surface area contributed by atoms with Gasteiger partial charge >= 0.3 is 0 Å². The summed E-state index contributed by atoms with van der Waals surface area (Å²) in [4.78, 5) is 3.28. The van der Waals surface area contributed by atoms with Crippen molar-refractivity contribution in [2.24, 2.45) is 5.11 Å². The number of fused-ring (bicyclic) bond motifs is 2. The van der Waals surface area contributed by atoms with Gasteiger partial charge in [-0.1, -0.05) is 65.3 Å². The van der Waals surface area contributed by atoms with E-state index in [4.69, 9.17) is 5.53 Å². The molecule has 0 radical (unpaired) electrons. The van der Waals surface area contributed by atoms with Crippen LogP contribution in [0.3, 0.4) is 0 Å². The molecule has 0 aliphatic heterocycles. The quantitative estimate of drug-likeness (QED) is 0.224. The summed E-state index contributed by atoms with van der Waals surface area (Å²) < 4.78 is 28.4. The van der Waals surface area contributed by atoms with Crippen molar-refractivity contribution in [2.75, 3.05) is 0 Å². The molecule has 0 saturated heterocycles. The molecular formula is C24H20N4O2S. The zero-order chi connectivity index (χ0) is 21.6. The van der Waals surface area contributed by atoms with Crippen LogP contribution in [0.2, 0.25) is 0 Å². The minimum absolute atomic E-state index is 0.0499. The van der Waals surface area contributed by atoms with Gasteiger partial charge in [0.15, 0.2) is 0 Å². The molecule has 31 heavy (non-hydrogen) atoms. The van der Waals surface area contributed by atoms with E-state index in [1.165, 1.54) is 3.97 Å². The minimum atomic E-state index is -3.76. The van der Waals surface area contributed by atoms with Crippen molar-refractivity contribution in [3.63, 3.8) is 0 Å². The van der Waals surface area contributed by atoms with Crippen LogP contribution in [0.5, 0.6) is 0 Å². The number of aryl methyl sites for hydroxylation is 1. The van der Waals surface area contributed by atoms with Crippen LogP contribution >= 0.6 is 0 Å². The molecule has 1 aliphatic carbocycles. The summed E-state index contributed by atoms with van der Waals surface area (Å²) in [6.07, 6.45) is 2.35. The zero-order valence-corrected chi connectivity index (χ0v) is 17.7. The predicted octanol–water partition coefficient (Wildman–Crippen LogP) is 6.07. The molecule has 0 unspecified atom stereocenters. The Balaban J connectivity index is 1.71. The van der Waals surface area contributed by atoms with Gasteiger partial charge in [0, 0.05) is 22.4 Å². The molecular weight excluding hydrogens is 408 g/mol. The molecule has 3 aromatic carbocycles. The molecule has 0 spiro atoms. The largest absolute Gasteiger partial charge is 0.268 e. The molecule has 1 aromatic heterocycles. The lowest BCUT2D eigenvalue weighted by atomic mass is 9.93. The van der Waals surface area contributed by atoms with Gasteiger partial charge in [-0.05, 0) is 53.8 Å². The molecule has 154 valence electrons. The fourth-order valence-electron chi connectivity index (χ4n) is 4.55. The van der Waals surface area contributed by atoms with E-state index in [-0.39, 0.29) is 16.9 Å². The minimum Gasteiger partial charge on any atom is -0.241 e. The molecule has 2 atom stereocenters. The highest BCUT2D eigenvalue weighted by Crippen LogP contribution is 2.48. The molecule has 7 heteroatoms. The number of para-hydroxylation sites is 1. The Morgan fingerprint density at radius 1 is 0.935 bits per heavy atom. The van der Waals surface area contributed by atoms with Crippen LogP contribution in [-0.2, 0) is 10.0 Å². The van der Waals surface area contributed by atoms with Gasteiger partial charge in [0.25, 0.3) is 10.0 Å². The van der Waals surface area contributed by atoms with Crippen molar-refractivity contribution in [3.05, 3.63) is 112 Å². The first-order valence-corrected chi connectivity index (χ1v) is 11.5. The molecule has 1 heterocycles. The zero-order valence-electron chi connectivity index (χ0n) is 16.9. The maximum atomic E-state index is 13.5. The van der Waals surface area contributed by atoms with Crippen molar-refractivity contribution in [1.82, 2.24) is 3.97 Å². The maximum absolute atomic E-state index is 13.5. The van der Waals surface area contributed by atoms with E-state index in [1.54, 1.807) is 30.5 Å². The lowest BCUT2D eigenvalue weighted by molar-refractivity contribution is 0.588. The molecule has 6 nitrogen and oxygen atoms in total. The number of benzene rings is 3. The average molecular weight is 429 g/mol. The smallest absolute Gasteiger partial charge is 0.241 e. The molecule has 1 aliphatic rings.